The van der Waals surface area contributed by atoms with Crippen LogP contribution >= 0.6 is 11.3 Å². The Morgan fingerprint density at radius 1 is 1.50 bits per heavy atom. The van der Waals surface area contributed by atoms with Gasteiger partial charge in [0.25, 0.3) is 5.92 Å². The number of nitrogens with zero attached hydrogens (tertiary/aromatic N) is 2. The van der Waals surface area contributed by atoms with E-state index in [0.29, 0.717) is 0 Å². The molecular formula is C6H9F2N3S. The van der Waals surface area contributed by atoms with Crippen molar-refractivity contribution in [2.75, 3.05) is 5.73 Å². The fourth-order valence-corrected chi connectivity index (χ4v) is 1.40. The molecule has 0 radical (unpaired) electrons. The van der Waals surface area contributed by atoms with Crippen molar-refractivity contribution in [2.45, 2.75) is 25.7 Å². The van der Waals surface area contributed by atoms with Crippen LogP contribution in [0.1, 0.15) is 24.8 Å². The largest absolute Gasteiger partial charge is 0.374 e. The normalized spacial score (nSPS) is 14.7. The Bertz CT molecular complexity index is 268. The van der Waals surface area contributed by atoms with Crippen LogP contribution in [0.4, 0.5) is 13.9 Å². The Hall–Kier alpha value is -0.780. The zero-order chi connectivity index (χ0) is 9.35. The molecule has 0 aromatic carbocycles. The summed E-state index contributed by atoms with van der Waals surface area (Å²) in [4.78, 5) is 0. The number of rotatable bonds is 2. The molecule has 0 bridgehead atoms. The van der Waals surface area contributed by atoms with Gasteiger partial charge >= 0.3 is 0 Å². The number of hydrogen-bond acceptors (Lipinski definition) is 4. The Morgan fingerprint density at radius 3 is 2.42 bits per heavy atom. The van der Waals surface area contributed by atoms with Gasteiger partial charge in [-0.2, -0.15) is 0 Å². The third-order valence-corrected chi connectivity index (χ3v) is 2.52. The van der Waals surface area contributed by atoms with E-state index >= 15 is 0 Å². The van der Waals surface area contributed by atoms with Gasteiger partial charge in [-0.1, -0.05) is 18.3 Å². The molecule has 1 heterocycles. The third-order valence-electron chi connectivity index (χ3n) is 1.59. The van der Waals surface area contributed by atoms with Gasteiger partial charge in [0, 0.05) is 6.92 Å². The van der Waals surface area contributed by atoms with Crippen molar-refractivity contribution in [3.05, 3.63) is 5.01 Å². The Morgan fingerprint density at radius 2 is 2.08 bits per heavy atom. The predicted octanol–water partition coefficient (Wildman–Crippen LogP) is 1.88. The van der Waals surface area contributed by atoms with Gasteiger partial charge in [-0.3, -0.25) is 0 Å². The highest BCUT2D eigenvalue weighted by atomic mass is 32.1. The molecule has 0 saturated carbocycles. The van der Waals surface area contributed by atoms with Crippen LogP contribution in [-0.2, 0) is 0 Å². The van der Waals surface area contributed by atoms with Crippen molar-refractivity contribution in [3.63, 3.8) is 0 Å². The van der Waals surface area contributed by atoms with Gasteiger partial charge in [-0.05, 0) is 0 Å². The molecule has 0 fully saturated rings. The van der Waals surface area contributed by atoms with E-state index in [1.807, 2.05) is 0 Å². The molecule has 1 rings (SSSR count). The predicted molar refractivity (Wildman–Crippen MR) is 43.4 cm³/mol. The maximum atomic E-state index is 12.7. The first-order valence-corrected chi connectivity index (χ1v) is 4.19. The van der Waals surface area contributed by atoms with Crippen molar-refractivity contribution >= 4 is 16.5 Å². The summed E-state index contributed by atoms with van der Waals surface area (Å²) >= 11 is 0.998. The van der Waals surface area contributed by atoms with Crippen LogP contribution in [0.15, 0.2) is 0 Å². The molecule has 0 saturated heterocycles. The SMILES string of the molecule is CC(c1nnc(N)s1)C(C)(F)F. The standard InChI is InChI=1S/C6H9F2N3S/c1-3(6(2,7)8)4-10-11-5(9)12-4/h3H,1-2H3,(H2,9,11). The molecule has 0 aliphatic rings. The second-order valence-corrected chi connectivity index (χ2v) is 3.70. The van der Waals surface area contributed by atoms with Crippen molar-refractivity contribution < 1.29 is 8.78 Å². The molecule has 1 unspecified atom stereocenters. The Labute approximate surface area is 72.6 Å². The van der Waals surface area contributed by atoms with Crippen LogP contribution in [0.5, 0.6) is 0 Å². The average Bonchev–Trinajstić information content (AvgIpc) is 2.32. The maximum absolute atomic E-state index is 12.7. The van der Waals surface area contributed by atoms with Gasteiger partial charge in [-0.15, -0.1) is 10.2 Å². The molecule has 1 atom stereocenters. The highest BCUT2D eigenvalue weighted by Gasteiger charge is 2.33. The fraction of sp³-hybridized carbons (Fsp3) is 0.667. The molecule has 0 amide bonds. The molecule has 68 valence electrons. The lowest BCUT2D eigenvalue weighted by Gasteiger charge is -2.15. The van der Waals surface area contributed by atoms with E-state index in [1.165, 1.54) is 6.92 Å². The van der Waals surface area contributed by atoms with Gasteiger partial charge in [-0.25, -0.2) is 8.78 Å². The summed E-state index contributed by atoms with van der Waals surface area (Å²) in [6.07, 6.45) is 0. The van der Waals surface area contributed by atoms with Crippen molar-refractivity contribution in [1.82, 2.24) is 10.2 Å². The van der Waals surface area contributed by atoms with Crippen molar-refractivity contribution in [2.24, 2.45) is 0 Å². The number of halogens is 2. The van der Waals surface area contributed by atoms with Gasteiger partial charge in [0.2, 0.25) is 5.13 Å². The van der Waals surface area contributed by atoms with Crippen LogP contribution in [0.2, 0.25) is 0 Å². The summed E-state index contributed by atoms with van der Waals surface area (Å²) in [6.45, 7) is 2.26. The fourth-order valence-electron chi connectivity index (χ4n) is 0.638. The van der Waals surface area contributed by atoms with E-state index in [1.54, 1.807) is 0 Å². The number of aromatic nitrogens is 2. The number of nitrogen functional groups attached to an aromatic ring is 1. The van der Waals surface area contributed by atoms with Gasteiger partial charge in [0.15, 0.2) is 0 Å². The highest BCUT2D eigenvalue weighted by Crippen LogP contribution is 2.34. The zero-order valence-corrected chi connectivity index (χ0v) is 7.53. The first kappa shape index (κ1) is 9.31. The lowest BCUT2D eigenvalue weighted by Crippen LogP contribution is -2.19. The molecule has 0 aliphatic heterocycles. The quantitative estimate of drug-likeness (QED) is 0.780. The number of alkyl halides is 2. The summed E-state index contributed by atoms with van der Waals surface area (Å²) in [5.41, 5.74) is 5.26. The van der Waals surface area contributed by atoms with E-state index in [-0.39, 0.29) is 10.1 Å². The molecule has 2 N–H and O–H groups in total. The van der Waals surface area contributed by atoms with Crippen LogP contribution in [0, 0.1) is 0 Å². The molecular weight excluding hydrogens is 184 g/mol. The highest BCUT2D eigenvalue weighted by molar-refractivity contribution is 7.15. The zero-order valence-electron chi connectivity index (χ0n) is 6.71. The van der Waals surface area contributed by atoms with Crippen molar-refractivity contribution in [3.8, 4) is 0 Å². The molecule has 0 aliphatic carbocycles. The Kier molecular flexibility index (Phi) is 2.27. The van der Waals surface area contributed by atoms with Crippen LogP contribution in [-0.4, -0.2) is 16.1 Å². The summed E-state index contributed by atoms with van der Waals surface area (Å²) in [6, 6.07) is 0. The summed E-state index contributed by atoms with van der Waals surface area (Å²) in [7, 11) is 0. The first-order chi connectivity index (χ1) is 5.41. The second-order valence-electron chi connectivity index (χ2n) is 2.66. The minimum Gasteiger partial charge on any atom is -0.374 e. The maximum Gasteiger partial charge on any atom is 0.254 e. The van der Waals surface area contributed by atoms with Gasteiger partial charge in [0.1, 0.15) is 5.01 Å². The molecule has 12 heavy (non-hydrogen) atoms. The third kappa shape index (κ3) is 1.88. The van der Waals surface area contributed by atoms with Crippen LogP contribution < -0.4 is 5.73 Å². The smallest absolute Gasteiger partial charge is 0.254 e. The lowest BCUT2D eigenvalue weighted by atomic mass is 10.1. The molecule has 3 nitrogen and oxygen atoms in total. The first-order valence-electron chi connectivity index (χ1n) is 3.38. The summed E-state index contributed by atoms with van der Waals surface area (Å²) in [5.74, 6) is -3.70. The van der Waals surface area contributed by atoms with E-state index in [0.717, 1.165) is 18.3 Å². The van der Waals surface area contributed by atoms with Crippen molar-refractivity contribution in [1.29, 1.82) is 0 Å². The minimum absolute atomic E-state index is 0.223. The summed E-state index contributed by atoms with van der Waals surface area (Å²) < 4.78 is 25.4. The molecule has 1 aromatic rings. The minimum atomic E-state index is -2.77. The number of anilines is 1. The van der Waals surface area contributed by atoms with E-state index < -0.39 is 11.8 Å². The van der Waals surface area contributed by atoms with Gasteiger partial charge < -0.3 is 5.73 Å². The Balaban J connectivity index is 2.85. The summed E-state index contributed by atoms with van der Waals surface area (Å²) in [5, 5.41) is 7.51. The number of nitrogens with two attached hydrogens (primary N) is 1. The number of hydrogen-bond donors (Lipinski definition) is 1. The molecule has 6 heteroatoms. The topological polar surface area (TPSA) is 51.8 Å². The molecule has 0 spiro atoms. The van der Waals surface area contributed by atoms with Crippen LogP contribution in [0.25, 0.3) is 0 Å². The average molecular weight is 193 g/mol. The van der Waals surface area contributed by atoms with E-state index in [2.05, 4.69) is 10.2 Å². The molecule has 1 aromatic heterocycles. The van der Waals surface area contributed by atoms with Gasteiger partial charge in [0.05, 0.1) is 5.92 Å². The second kappa shape index (κ2) is 2.93. The van der Waals surface area contributed by atoms with Crippen LogP contribution in [0.3, 0.4) is 0 Å². The monoisotopic (exact) mass is 193 g/mol. The van der Waals surface area contributed by atoms with E-state index in [4.69, 9.17) is 5.73 Å². The lowest BCUT2D eigenvalue weighted by molar-refractivity contribution is -0.00245. The van der Waals surface area contributed by atoms with E-state index in [9.17, 15) is 8.78 Å².